The van der Waals surface area contributed by atoms with E-state index >= 15 is 0 Å². The number of ether oxygens (including phenoxy) is 1. The zero-order valence-corrected chi connectivity index (χ0v) is 16.4. The third kappa shape index (κ3) is 4.04. The Kier molecular flexibility index (Phi) is 5.46. The monoisotopic (exact) mass is 401 g/mol. The molecule has 1 aromatic heterocycles. The third-order valence-corrected chi connectivity index (χ3v) is 6.18. The molecule has 3 rings (SSSR count). The van der Waals surface area contributed by atoms with Gasteiger partial charge in [0.05, 0.1) is 17.3 Å². The van der Waals surface area contributed by atoms with Crippen LogP contribution in [0.2, 0.25) is 0 Å². The number of nitrogens with zero attached hydrogens (tertiary/aromatic N) is 2. The van der Waals surface area contributed by atoms with Crippen molar-refractivity contribution in [1.29, 1.82) is 0 Å². The van der Waals surface area contributed by atoms with Crippen LogP contribution in [0.3, 0.4) is 0 Å². The fourth-order valence-corrected chi connectivity index (χ4v) is 3.48. The van der Waals surface area contributed by atoms with Crippen LogP contribution in [0, 0.1) is 0 Å². The molecule has 0 bridgehead atoms. The second-order valence-electron chi connectivity index (χ2n) is 6.22. The zero-order chi connectivity index (χ0) is 20.3. The molecule has 0 aliphatic heterocycles. The van der Waals surface area contributed by atoms with Gasteiger partial charge in [0, 0.05) is 11.1 Å². The molecule has 0 aliphatic rings. The minimum absolute atomic E-state index is 0.0830. The van der Waals surface area contributed by atoms with Gasteiger partial charge < -0.3 is 9.15 Å². The summed E-state index contributed by atoms with van der Waals surface area (Å²) < 4.78 is 35.1. The molecule has 0 radical (unpaired) electrons. The number of carbonyl (C=O) groups is 1. The Hall–Kier alpha value is -3.20. The van der Waals surface area contributed by atoms with Crippen LogP contribution in [-0.2, 0) is 9.84 Å². The van der Waals surface area contributed by atoms with Gasteiger partial charge in [-0.3, -0.25) is 10.1 Å². The van der Waals surface area contributed by atoms with E-state index in [4.69, 9.17) is 9.15 Å². The van der Waals surface area contributed by atoms with Crippen molar-refractivity contribution < 1.29 is 22.4 Å². The second-order valence-corrected chi connectivity index (χ2v) is 8.72. The molecular formula is C19H19N3O5S. The van der Waals surface area contributed by atoms with E-state index in [2.05, 4.69) is 15.5 Å². The van der Waals surface area contributed by atoms with E-state index in [9.17, 15) is 13.2 Å². The number of rotatable bonds is 6. The number of amides is 1. The van der Waals surface area contributed by atoms with Crippen molar-refractivity contribution in [2.45, 2.75) is 24.0 Å². The highest BCUT2D eigenvalue weighted by molar-refractivity contribution is 7.92. The zero-order valence-electron chi connectivity index (χ0n) is 15.5. The summed E-state index contributed by atoms with van der Waals surface area (Å²) in [7, 11) is -1.92. The second kappa shape index (κ2) is 7.81. The van der Waals surface area contributed by atoms with Crippen LogP contribution in [0.4, 0.5) is 6.01 Å². The number of hydrogen-bond acceptors (Lipinski definition) is 7. The van der Waals surface area contributed by atoms with Gasteiger partial charge in [-0.2, -0.15) is 0 Å². The summed E-state index contributed by atoms with van der Waals surface area (Å²) in [6, 6.07) is 12.7. The Morgan fingerprint density at radius 2 is 1.82 bits per heavy atom. The Morgan fingerprint density at radius 1 is 1.11 bits per heavy atom. The van der Waals surface area contributed by atoms with E-state index in [0.29, 0.717) is 11.3 Å². The predicted molar refractivity (Wildman–Crippen MR) is 103 cm³/mol. The highest BCUT2D eigenvalue weighted by Crippen LogP contribution is 2.23. The molecule has 146 valence electrons. The summed E-state index contributed by atoms with van der Waals surface area (Å²) in [4.78, 5) is 12.5. The number of methoxy groups -OCH3 is 1. The van der Waals surface area contributed by atoms with Crippen LogP contribution in [0.15, 0.2) is 57.8 Å². The Balaban J connectivity index is 1.78. The Morgan fingerprint density at radius 3 is 2.46 bits per heavy atom. The lowest BCUT2D eigenvalue weighted by atomic mass is 10.2. The minimum Gasteiger partial charge on any atom is -0.497 e. The first-order valence-electron chi connectivity index (χ1n) is 8.44. The van der Waals surface area contributed by atoms with Gasteiger partial charge in [-0.1, -0.05) is 11.2 Å². The fraction of sp³-hybridized carbons (Fsp3) is 0.211. The highest BCUT2D eigenvalue weighted by atomic mass is 32.2. The molecule has 2 aromatic carbocycles. The van der Waals surface area contributed by atoms with Gasteiger partial charge in [-0.25, -0.2) is 8.42 Å². The first-order chi connectivity index (χ1) is 13.3. The van der Waals surface area contributed by atoms with Gasteiger partial charge in [-0.05, 0) is 56.3 Å². The number of sulfone groups is 1. The first-order valence-corrected chi connectivity index (χ1v) is 9.99. The maximum Gasteiger partial charge on any atom is 0.322 e. The minimum atomic E-state index is -3.49. The molecule has 0 spiro atoms. The van der Waals surface area contributed by atoms with Gasteiger partial charge in [0.2, 0.25) is 5.89 Å². The smallest absolute Gasteiger partial charge is 0.322 e. The quantitative estimate of drug-likeness (QED) is 0.675. The molecule has 0 saturated carbocycles. The van der Waals surface area contributed by atoms with E-state index in [0.717, 1.165) is 0 Å². The first kappa shape index (κ1) is 19.6. The van der Waals surface area contributed by atoms with E-state index in [1.807, 2.05) is 0 Å². The van der Waals surface area contributed by atoms with Gasteiger partial charge >= 0.3 is 6.01 Å². The number of aromatic nitrogens is 2. The van der Waals surface area contributed by atoms with Crippen molar-refractivity contribution in [2.24, 2.45) is 0 Å². The molecule has 0 aliphatic carbocycles. The molecule has 9 heteroatoms. The number of anilines is 1. The number of carbonyl (C=O) groups excluding carboxylic acids is 1. The van der Waals surface area contributed by atoms with Crippen molar-refractivity contribution >= 4 is 21.8 Å². The maximum absolute atomic E-state index is 12.4. The lowest BCUT2D eigenvalue weighted by Gasteiger charge is -2.09. The molecule has 1 amide bonds. The van der Waals surface area contributed by atoms with Gasteiger partial charge in [-0.15, -0.1) is 5.10 Å². The lowest BCUT2D eigenvalue weighted by molar-refractivity contribution is 0.102. The summed E-state index contributed by atoms with van der Waals surface area (Å²) in [5.41, 5.74) is 0.838. The van der Waals surface area contributed by atoms with Gasteiger partial charge in [0.15, 0.2) is 9.84 Å². The van der Waals surface area contributed by atoms with E-state index < -0.39 is 21.0 Å². The number of benzene rings is 2. The van der Waals surface area contributed by atoms with Crippen molar-refractivity contribution in [1.82, 2.24) is 10.2 Å². The molecular weight excluding hydrogens is 382 g/mol. The van der Waals surface area contributed by atoms with Crippen LogP contribution in [-0.4, -0.2) is 36.9 Å². The topological polar surface area (TPSA) is 111 Å². The summed E-state index contributed by atoms with van der Waals surface area (Å²) in [5, 5.41) is 9.59. The summed E-state index contributed by atoms with van der Waals surface area (Å²) >= 11 is 0. The summed E-state index contributed by atoms with van der Waals surface area (Å²) in [5.74, 6) is 0.368. The van der Waals surface area contributed by atoms with Crippen molar-refractivity contribution in [3.63, 3.8) is 0 Å². The van der Waals surface area contributed by atoms with Crippen molar-refractivity contribution in [3.8, 4) is 17.2 Å². The van der Waals surface area contributed by atoms with Crippen LogP contribution < -0.4 is 10.1 Å². The Labute approximate surface area is 162 Å². The van der Waals surface area contributed by atoms with E-state index in [-0.39, 0.29) is 22.4 Å². The third-order valence-electron chi connectivity index (χ3n) is 4.03. The van der Waals surface area contributed by atoms with Gasteiger partial charge in [0.1, 0.15) is 5.75 Å². The van der Waals surface area contributed by atoms with Crippen molar-refractivity contribution in [3.05, 3.63) is 54.1 Å². The average Bonchev–Trinajstić information content (AvgIpc) is 3.16. The molecule has 0 saturated heterocycles. The highest BCUT2D eigenvalue weighted by Gasteiger charge is 2.21. The number of hydrogen-bond donors (Lipinski definition) is 1. The predicted octanol–water partition coefficient (Wildman–Crippen LogP) is 3.18. The van der Waals surface area contributed by atoms with Gasteiger partial charge in [0.25, 0.3) is 5.91 Å². The summed E-state index contributed by atoms with van der Waals surface area (Å²) in [6.45, 7) is 3.17. The van der Waals surface area contributed by atoms with Crippen LogP contribution in [0.5, 0.6) is 5.75 Å². The molecule has 3 aromatic rings. The molecule has 28 heavy (non-hydrogen) atoms. The maximum atomic E-state index is 12.4. The lowest BCUT2D eigenvalue weighted by Crippen LogP contribution is -2.16. The average molecular weight is 401 g/mol. The molecule has 1 heterocycles. The van der Waals surface area contributed by atoms with Crippen LogP contribution in [0.1, 0.15) is 24.2 Å². The molecule has 0 fully saturated rings. The van der Waals surface area contributed by atoms with E-state index in [1.165, 1.54) is 24.3 Å². The molecule has 1 N–H and O–H groups in total. The summed E-state index contributed by atoms with van der Waals surface area (Å²) in [6.07, 6.45) is 0. The molecule has 0 atom stereocenters. The number of nitrogens with one attached hydrogen (secondary N) is 1. The molecule has 0 unspecified atom stereocenters. The Bertz CT molecular complexity index is 1090. The largest absolute Gasteiger partial charge is 0.497 e. The van der Waals surface area contributed by atoms with E-state index in [1.54, 1.807) is 45.2 Å². The molecule has 8 nitrogen and oxygen atoms in total. The normalized spacial score (nSPS) is 11.4. The van der Waals surface area contributed by atoms with Crippen molar-refractivity contribution in [2.75, 3.05) is 12.4 Å². The standard InChI is InChI=1S/C19H19N3O5S/c1-12(2)28(24,25)16-6-4-5-14(11-16)17(23)20-19-22-21-18(27-19)13-7-9-15(26-3)10-8-13/h4-12H,1-3H3,(H,20,22,23). The van der Waals surface area contributed by atoms with Crippen LogP contribution in [0.25, 0.3) is 11.5 Å². The fourth-order valence-electron chi connectivity index (χ4n) is 2.38. The van der Waals surface area contributed by atoms with Crippen LogP contribution >= 0.6 is 0 Å². The SMILES string of the molecule is COc1ccc(-c2nnc(NC(=O)c3cccc(S(=O)(=O)C(C)C)c3)o2)cc1.